The van der Waals surface area contributed by atoms with E-state index in [1.807, 2.05) is 0 Å². The summed E-state index contributed by atoms with van der Waals surface area (Å²) in [6.45, 7) is 0.00301. The lowest BCUT2D eigenvalue weighted by molar-refractivity contribution is 0.0865. The largest absolute Gasteiger partial charge is 0.399 e. The Hall–Kier alpha value is -1.86. The zero-order valence-electron chi connectivity index (χ0n) is 10.8. The second-order valence-electron chi connectivity index (χ2n) is 4.70. The molecule has 0 aliphatic carbocycles. The number of amides is 1. The molecule has 2 aromatic rings. The highest BCUT2D eigenvalue weighted by molar-refractivity contribution is 9.10. The molecule has 3 rings (SSSR count). The van der Waals surface area contributed by atoms with Crippen LogP contribution in [0.2, 0.25) is 0 Å². The third-order valence-electron chi connectivity index (χ3n) is 3.27. The average Bonchev–Trinajstić information content (AvgIpc) is 2.62. The van der Waals surface area contributed by atoms with Gasteiger partial charge >= 0.3 is 0 Å². The van der Waals surface area contributed by atoms with E-state index in [4.69, 9.17) is 5.73 Å². The Bertz CT molecular complexity index is 832. The van der Waals surface area contributed by atoms with Crippen molar-refractivity contribution in [1.29, 1.82) is 0 Å². The van der Waals surface area contributed by atoms with E-state index in [0.29, 0.717) is 5.69 Å². The summed E-state index contributed by atoms with van der Waals surface area (Å²) >= 11 is 3.31. The molecule has 0 atom stereocenters. The van der Waals surface area contributed by atoms with Crippen molar-refractivity contribution in [1.82, 2.24) is 4.31 Å². The number of benzene rings is 2. The minimum Gasteiger partial charge on any atom is -0.399 e. The lowest BCUT2D eigenvalue weighted by Crippen LogP contribution is -2.29. The Morgan fingerprint density at radius 3 is 2.43 bits per heavy atom. The molecule has 0 radical (unpaired) electrons. The van der Waals surface area contributed by atoms with Gasteiger partial charge in [-0.1, -0.05) is 28.1 Å². The normalized spacial score (nSPS) is 16.0. The van der Waals surface area contributed by atoms with Crippen molar-refractivity contribution in [2.45, 2.75) is 11.4 Å². The van der Waals surface area contributed by atoms with Crippen molar-refractivity contribution < 1.29 is 13.2 Å². The number of hydrogen-bond donors (Lipinski definition) is 1. The Morgan fingerprint density at radius 2 is 1.76 bits per heavy atom. The van der Waals surface area contributed by atoms with Gasteiger partial charge in [0.05, 0.1) is 12.1 Å². The molecule has 0 fully saturated rings. The van der Waals surface area contributed by atoms with Gasteiger partial charge in [0.2, 0.25) is 0 Å². The van der Waals surface area contributed by atoms with E-state index in [0.717, 1.165) is 14.3 Å². The standard InChI is InChI=1S/C14H11BrN2O3S/c15-10-3-1-9(2-4-10)8-17-14(18)12-6-5-11(16)7-13(12)21(17,19)20/h1-7H,8,16H2. The van der Waals surface area contributed by atoms with Crippen LogP contribution in [0.4, 0.5) is 5.69 Å². The molecule has 21 heavy (non-hydrogen) atoms. The van der Waals surface area contributed by atoms with Crippen molar-refractivity contribution in [2.24, 2.45) is 0 Å². The van der Waals surface area contributed by atoms with Gasteiger partial charge in [-0.3, -0.25) is 4.79 Å². The van der Waals surface area contributed by atoms with Crippen molar-refractivity contribution in [2.75, 3.05) is 5.73 Å². The van der Waals surface area contributed by atoms with Gasteiger partial charge in [0, 0.05) is 10.2 Å². The zero-order valence-corrected chi connectivity index (χ0v) is 13.2. The first-order valence-corrected chi connectivity index (χ1v) is 8.34. The predicted octanol–water partition coefficient (Wildman–Crippen LogP) is 2.38. The van der Waals surface area contributed by atoms with Gasteiger partial charge in [0.15, 0.2) is 0 Å². The van der Waals surface area contributed by atoms with E-state index >= 15 is 0 Å². The Kier molecular flexibility index (Phi) is 3.26. The fraction of sp³-hybridized carbons (Fsp3) is 0.0714. The molecule has 1 aliphatic rings. The number of nitrogen functional groups attached to an aromatic ring is 1. The van der Waals surface area contributed by atoms with Crippen molar-refractivity contribution in [3.05, 3.63) is 58.1 Å². The molecule has 1 heterocycles. The van der Waals surface area contributed by atoms with Gasteiger partial charge in [-0.15, -0.1) is 0 Å². The monoisotopic (exact) mass is 366 g/mol. The molecule has 0 unspecified atom stereocenters. The van der Waals surface area contributed by atoms with Gasteiger partial charge in [0.25, 0.3) is 15.9 Å². The van der Waals surface area contributed by atoms with Gasteiger partial charge in [-0.2, -0.15) is 0 Å². The quantitative estimate of drug-likeness (QED) is 0.827. The van der Waals surface area contributed by atoms with Gasteiger partial charge < -0.3 is 5.73 Å². The summed E-state index contributed by atoms with van der Waals surface area (Å²) in [4.78, 5) is 12.3. The Labute approximate surface area is 130 Å². The molecule has 7 heteroatoms. The van der Waals surface area contributed by atoms with Crippen LogP contribution in [0, 0.1) is 0 Å². The summed E-state index contributed by atoms with van der Waals surface area (Å²) < 4.78 is 26.7. The smallest absolute Gasteiger partial charge is 0.269 e. The van der Waals surface area contributed by atoms with Crippen LogP contribution in [-0.2, 0) is 16.6 Å². The summed E-state index contributed by atoms with van der Waals surface area (Å²) in [6, 6.07) is 11.4. The number of fused-ring (bicyclic) bond motifs is 1. The molecule has 108 valence electrons. The molecule has 2 N–H and O–H groups in total. The number of halogens is 1. The third kappa shape index (κ3) is 2.32. The van der Waals surface area contributed by atoms with E-state index in [-0.39, 0.29) is 17.0 Å². The van der Waals surface area contributed by atoms with Crippen LogP contribution in [0.3, 0.4) is 0 Å². The van der Waals surface area contributed by atoms with Crippen molar-refractivity contribution in [3.8, 4) is 0 Å². The number of carbonyl (C=O) groups is 1. The Morgan fingerprint density at radius 1 is 1.10 bits per heavy atom. The molecule has 0 saturated heterocycles. The van der Waals surface area contributed by atoms with E-state index in [2.05, 4.69) is 15.9 Å². The summed E-state index contributed by atoms with van der Waals surface area (Å²) in [6.07, 6.45) is 0. The zero-order chi connectivity index (χ0) is 15.2. The van der Waals surface area contributed by atoms with Crippen molar-refractivity contribution in [3.63, 3.8) is 0 Å². The molecule has 1 amide bonds. The number of anilines is 1. The molecule has 0 aromatic heterocycles. The highest BCUT2D eigenvalue weighted by Gasteiger charge is 2.41. The fourth-order valence-corrected chi connectivity index (χ4v) is 4.06. The summed E-state index contributed by atoms with van der Waals surface area (Å²) in [5.41, 5.74) is 6.83. The first kappa shape index (κ1) is 14.1. The second kappa shape index (κ2) is 4.85. The van der Waals surface area contributed by atoms with E-state index < -0.39 is 15.9 Å². The first-order valence-electron chi connectivity index (χ1n) is 6.10. The lowest BCUT2D eigenvalue weighted by Gasteiger charge is -2.15. The van der Waals surface area contributed by atoms with Crippen LogP contribution < -0.4 is 5.73 Å². The van der Waals surface area contributed by atoms with Crippen LogP contribution >= 0.6 is 15.9 Å². The molecule has 0 spiro atoms. The topological polar surface area (TPSA) is 80.5 Å². The number of nitrogens with two attached hydrogens (primary N) is 1. The van der Waals surface area contributed by atoms with Crippen LogP contribution in [0.1, 0.15) is 15.9 Å². The van der Waals surface area contributed by atoms with E-state index in [9.17, 15) is 13.2 Å². The highest BCUT2D eigenvalue weighted by Crippen LogP contribution is 2.32. The SMILES string of the molecule is Nc1ccc2c(c1)S(=O)(=O)N(Cc1ccc(Br)cc1)C2=O. The fourth-order valence-electron chi connectivity index (χ4n) is 2.20. The first-order chi connectivity index (χ1) is 9.89. The maximum absolute atomic E-state index is 12.5. The van der Waals surface area contributed by atoms with E-state index in [1.54, 1.807) is 24.3 Å². The number of rotatable bonds is 2. The van der Waals surface area contributed by atoms with Gasteiger partial charge in [0.1, 0.15) is 4.90 Å². The summed E-state index contributed by atoms with van der Waals surface area (Å²) in [5.74, 6) is -0.520. The van der Waals surface area contributed by atoms with Crippen LogP contribution in [-0.4, -0.2) is 18.6 Å². The highest BCUT2D eigenvalue weighted by atomic mass is 79.9. The number of carbonyl (C=O) groups excluding carboxylic acids is 1. The molecular formula is C14H11BrN2O3S. The van der Waals surface area contributed by atoms with Crippen LogP contribution in [0.15, 0.2) is 51.8 Å². The van der Waals surface area contributed by atoms with Gasteiger partial charge in [-0.05, 0) is 35.9 Å². The summed E-state index contributed by atoms with van der Waals surface area (Å²) in [5, 5.41) is 0. The minimum absolute atomic E-state index is 0.00301. The lowest BCUT2D eigenvalue weighted by atomic mass is 10.2. The van der Waals surface area contributed by atoms with E-state index in [1.165, 1.54) is 18.2 Å². The second-order valence-corrected chi connectivity index (χ2v) is 7.45. The maximum atomic E-state index is 12.5. The number of nitrogens with zero attached hydrogens (tertiary/aromatic N) is 1. The molecular weight excluding hydrogens is 356 g/mol. The third-order valence-corrected chi connectivity index (χ3v) is 5.57. The maximum Gasteiger partial charge on any atom is 0.269 e. The molecule has 0 saturated carbocycles. The number of sulfonamides is 1. The Balaban J connectivity index is 2.02. The van der Waals surface area contributed by atoms with Crippen molar-refractivity contribution >= 4 is 37.5 Å². The number of hydrogen-bond acceptors (Lipinski definition) is 4. The average molecular weight is 367 g/mol. The minimum atomic E-state index is -3.83. The summed E-state index contributed by atoms with van der Waals surface area (Å²) in [7, 11) is -3.83. The molecule has 1 aliphatic heterocycles. The van der Waals surface area contributed by atoms with Gasteiger partial charge in [-0.25, -0.2) is 12.7 Å². The van der Waals surface area contributed by atoms with Crippen LogP contribution in [0.25, 0.3) is 0 Å². The molecule has 2 aromatic carbocycles. The van der Waals surface area contributed by atoms with Crippen LogP contribution in [0.5, 0.6) is 0 Å². The predicted molar refractivity (Wildman–Crippen MR) is 82.1 cm³/mol. The molecule has 5 nitrogen and oxygen atoms in total. The molecule has 0 bridgehead atoms.